The quantitative estimate of drug-likeness (QED) is 0.355. The standard InChI is InChI=1S/C30H33N5O2S/c1-22-12-13-26-25(18-22)28(31-21-30(14-7-15-30)32-19-23-8-3-2-4-9-23)34-29(33-26)35-16-17-38(36,37)27-11-6-5-10-24(27)20-35/h2-6,8-13,18,32H,7,14-17,19-21H2,1H3,(H,31,33,34). The topological polar surface area (TPSA) is 87.2 Å². The first kappa shape index (κ1) is 24.8. The maximum atomic E-state index is 12.9. The molecule has 3 aromatic carbocycles. The molecule has 2 N–H and O–H groups in total. The number of rotatable bonds is 7. The van der Waals surface area contributed by atoms with Gasteiger partial charge in [0.1, 0.15) is 5.82 Å². The number of hydrogen-bond donors (Lipinski definition) is 2. The second-order valence-corrected chi connectivity index (χ2v) is 12.6. The van der Waals surface area contributed by atoms with Gasteiger partial charge >= 0.3 is 0 Å². The molecule has 1 saturated carbocycles. The zero-order valence-electron chi connectivity index (χ0n) is 21.7. The van der Waals surface area contributed by atoms with Crippen molar-refractivity contribution in [3.8, 4) is 0 Å². The van der Waals surface area contributed by atoms with Gasteiger partial charge in [0.2, 0.25) is 5.95 Å². The Hall–Kier alpha value is -3.49. The van der Waals surface area contributed by atoms with Crippen LogP contribution in [0.2, 0.25) is 0 Å². The monoisotopic (exact) mass is 527 g/mol. The van der Waals surface area contributed by atoms with Crippen LogP contribution in [0.5, 0.6) is 0 Å². The molecular weight excluding hydrogens is 494 g/mol. The maximum Gasteiger partial charge on any atom is 0.228 e. The van der Waals surface area contributed by atoms with Gasteiger partial charge in [-0.2, -0.15) is 4.98 Å². The minimum atomic E-state index is -3.35. The minimum absolute atomic E-state index is 0.0206. The van der Waals surface area contributed by atoms with Crippen molar-refractivity contribution >= 4 is 32.5 Å². The first-order chi connectivity index (χ1) is 18.4. The molecule has 7 nitrogen and oxygen atoms in total. The summed E-state index contributed by atoms with van der Waals surface area (Å²) in [5.74, 6) is 1.38. The van der Waals surface area contributed by atoms with Crippen LogP contribution in [0.3, 0.4) is 0 Å². The number of nitrogens with one attached hydrogen (secondary N) is 2. The summed E-state index contributed by atoms with van der Waals surface area (Å²) >= 11 is 0. The molecule has 0 amide bonds. The molecule has 1 aliphatic carbocycles. The summed E-state index contributed by atoms with van der Waals surface area (Å²) in [7, 11) is -3.35. The van der Waals surface area contributed by atoms with E-state index in [1.807, 2.05) is 29.2 Å². The first-order valence-corrected chi connectivity index (χ1v) is 14.9. The van der Waals surface area contributed by atoms with E-state index in [1.54, 1.807) is 12.1 Å². The van der Waals surface area contributed by atoms with Gasteiger partial charge in [0.15, 0.2) is 9.84 Å². The molecule has 0 atom stereocenters. The average Bonchev–Trinajstić information content (AvgIpc) is 3.04. The molecule has 8 heteroatoms. The SMILES string of the molecule is Cc1ccc2nc(N3CCS(=O)(=O)c4ccccc4C3)nc(NCC3(NCc4ccccc4)CCC3)c2c1. The highest BCUT2D eigenvalue weighted by molar-refractivity contribution is 7.91. The Morgan fingerprint density at radius 3 is 2.55 bits per heavy atom. The number of anilines is 2. The number of aromatic nitrogens is 2. The Kier molecular flexibility index (Phi) is 6.53. The van der Waals surface area contributed by atoms with Gasteiger partial charge < -0.3 is 15.5 Å². The Bertz CT molecular complexity index is 1570. The van der Waals surface area contributed by atoms with Gasteiger partial charge in [-0.05, 0) is 55.5 Å². The van der Waals surface area contributed by atoms with E-state index in [0.29, 0.717) is 23.9 Å². The van der Waals surface area contributed by atoms with Crippen LogP contribution >= 0.6 is 0 Å². The van der Waals surface area contributed by atoms with Crippen LogP contribution in [-0.2, 0) is 22.9 Å². The fraction of sp³-hybridized carbons (Fsp3) is 0.333. The summed E-state index contributed by atoms with van der Waals surface area (Å²) in [5, 5.41) is 8.45. The fourth-order valence-electron chi connectivity index (χ4n) is 5.40. The Balaban J connectivity index is 1.29. The van der Waals surface area contributed by atoms with Gasteiger partial charge in [-0.25, -0.2) is 13.4 Å². The van der Waals surface area contributed by atoms with E-state index in [2.05, 4.69) is 54.0 Å². The third kappa shape index (κ3) is 4.98. The molecule has 0 radical (unpaired) electrons. The Morgan fingerprint density at radius 1 is 0.974 bits per heavy atom. The van der Waals surface area contributed by atoms with Crippen molar-refractivity contribution in [3.63, 3.8) is 0 Å². The summed E-state index contributed by atoms with van der Waals surface area (Å²) < 4.78 is 25.8. The molecular formula is C30H33N5O2S. The van der Waals surface area contributed by atoms with Crippen LogP contribution < -0.4 is 15.5 Å². The summed E-state index contributed by atoms with van der Waals surface area (Å²) in [6.07, 6.45) is 3.44. The van der Waals surface area contributed by atoms with E-state index in [0.717, 1.165) is 53.8 Å². The number of nitrogens with zero attached hydrogens (tertiary/aromatic N) is 3. The lowest BCUT2D eigenvalue weighted by Gasteiger charge is -2.43. The van der Waals surface area contributed by atoms with Crippen molar-refractivity contribution in [3.05, 3.63) is 89.5 Å². The van der Waals surface area contributed by atoms with E-state index in [-0.39, 0.29) is 11.3 Å². The summed E-state index contributed by atoms with van der Waals surface area (Å²) in [6, 6.07) is 23.9. The fourth-order valence-corrected chi connectivity index (χ4v) is 6.90. The minimum Gasteiger partial charge on any atom is -0.368 e. The van der Waals surface area contributed by atoms with Crippen molar-refractivity contribution < 1.29 is 8.42 Å². The molecule has 0 unspecified atom stereocenters. The number of hydrogen-bond acceptors (Lipinski definition) is 7. The largest absolute Gasteiger partial charge is 0.368 e. The van der Waals surface area contributed by atoms with E-state index >= 15 is 0 Å². The van der Waals surface area contributed by atoms with Crippen LogP contribution in [0, 0.1) is 6.92 Å². The molecule has 1 aliphatic heterocycles. The molecule has 2 heterocycles. The molecule has 4 aromatic rings. The van der Waals surface area contributed by atoms with Gasteiger partial charge in [0.25, 0.3) is 0 Å². The maximum absolute atomic E-state index is 12.9. The van der Waals surface area contributed by atoms with Gasteiger partial charge in [-0.15, -0.1) is 0 Å². The van der Waals surface area contributed by atoms with Crippen LogP contribution in [-0.4, -0.2) is 42.8 Å². The Labute approximate surface area is 224 Å². The van der Waals surface area contributed by atoms with Crippen LogP contribution in [0.1, 0.15) is 36.0 Å². The molecule has 0 spiro atoms. The molecule has 196 valence electrons. The highest BCUT2D eigenvalue weighted by Gasteiger charge is 2.36. The third-order valence-corrected chi connectivity index (χ3v) is 9.62. The zero-order valence-corrected chi connectivity index (χ0v) is 22.5. The van der Waals surface area contributed by atoms with Gasteiger partial charge in [-0.1, -0.05) is 60.2 Å². The van der Waals surface area contributed by atoms with E-state index in [4.69, 9.17) is 9.97 Å². The van der Waals surface area contributed by atoms with Crippen LogP contribution in [0.25, 0.3) is 10.9 Å². The molecule has 0 saturated heterocycles. The van der Waals surface area contributed by atoms with Crippen molar-refractivity contribution in [1.29, 1.82) is 0 Å². The highest BCUT2D eigenvalue weighted by Crippen LogP contribution is 2.34. The lowest BCUT2D eigenvalue weighted by atomic mass is 9.76. The van der Waals surface area contributed by atoms with E-state index in [9.17, 15) is 8.42 Å². The van der Waals surface area contributed by atoms with E-state index in [1.165, 1.54) is 12.0 Å². The van der Waals surface area contributed by atoms with Crippen LogP contribution in [0.4, 0.5) is 11.8 Å². The second-order valence-electron chi connectivity index (χ2n) is 10.6. The summed E-state index contributed by atoms with van der Waals surface area (Å²) in [4.78, 5) is 12.3. The molecule has 38 heavy (non-hydrogen) atoms. The third-order valence-electron chi connectivity index (χ3n) is 7.84. The number of aryl methyl sites for hydroxylation is 1. The normalized spacial score (nSPS) is 17.9. The molecule has 2 aliphatic rings. The predicted octanol–water partition coefficient (Wildman–Crippen LogP) is 4.86. The second kappa shape index (κ2) is 10.0. The van der Waals surface area contributed by atoms with Crippen molar-refractivity contribution in [1.82, 2.24) is 15.3 Å². The Morgan fingerprint density at radius 2 is 1.76 bits per heavy atom. The molecule has 1 aromatic heterocycles. The van der Waals surface area contributed by atoms with Crippen molar-refractivity contribution in [2.75, 3.05) is 29.1 Å². The lowest BCUT2D eigenvalue weighted by Crippen LogP contribution is -2.55. The summed E-state index contributed by atoms with van der Waals surface area (Å²) in [5.41, 5.74) is 4.08. The van der Waals surface area contributed by atoms with Crippen molar-refractivity contribution in [2.24, 2.45) is 0 Å². The van der Waals surface area contributed by atoms with Crippen LogP contribution in [0.15, 0.2) is 77.7 Å². The number of benzene rings is 3. The number of fused-ring (bicyclic) bond motifs is 2. The van der Waals surface area contributed by atoms with Gasteiger partial charge in [0, 0.05) is 37.1 Å². The predicted molar refractivity (Wildman–Crippen MR) is 152 cm³/mol. The first-order valence-electron chi connectivity index (χ1n) is 13.3. The molecule has 1 fully saturated rings. The lowest BCUT2D eigenvalue weighted by molar-refractivity contribution is 0.197. The highest BCUT2D eigenvalue weighted by atomic mass is 32.2. The number of sulfone groups is 1. The molecule has 6 rings (SSSR count). The van der Waals surface area contributed by atoms with Crippen molar-refractivity contribution in [2.45, 2.75) is 49.7 Å². The van der Waals surface area contributed by atoms with Gasteiger partial charge in [0.05, 0.1) is 16.2 Å². The average molecular weight is 528 g/mol. The molecule has 0 bridgehead atoms. The smallest absolute Gasteiger partial charge is 0.228 e. The van der Waals surface area contributed by atoms with E-state index < -0.39 is 9.84 Å². The van der Waals surface area contributed by atoms with Gasteiger partial charge in [-0.3, -0.25) is 0 Å². The zero-order chi connectivity index (χ0) is 26.2. The summed E-state index contributed by atoms with van der Waals surface area (Å²) in [6.45, 7) is 4.46.